The van der Waals surface area contributed by atoms with Gasteiger partial charge in [-0.3, -0.25) is 4.68 Å². The zero-order valence-electron chi connectivity index (χ0n) is 15.2. The number of hydrogen-bond acceptors (Lipinski definition) is 5. The molecule has 1 atom stereocenters. The highest BCUT2D eigenvalue weighted by molar-refractivity contribution is 5.50. The minimum atomic E-state index is 0.507. The van der Waals surface area contributed by atoms with Gasteiger partial charge in [0.25, 0.3) is 0 Å². The number of ether oxygens (including phenoxy) is 1. The number of anilines is 1. The fourth-order valence-corrected chi connectivity index (χ4v) is 4.14. The van der Waals surface area contributed by atoms with Gasteiger partial charge in [-0.15, -0.1) is 0 Å². The van der Waals surface area contributed by atoms with Crippen LogP contribution in [-0.4, -0.2) is 52.2 Å². The summed E-state index contributed by atoms with van der Waals surface area (Å²) >= 11 is 0. The van der Waals surface area contributed by atoms with Gasteiger partial charge >= 0.3 is 0 Å². The Balaban J connectivity index is 1.43. The van der Waals surface area contributed by atoms with Gasteiger partial charge in [-0.05, 0) is 19.8 Å². The molecule has 2 aromatic rings. The third-order valence-corrected chi connectivity index (χ3v) is 5.38. The molecule has 0 bridgehead atoms. The number of hydrogen-bond donors (Lipinski definition) is 1. The van der Waals surface area contributed by atoms with Crippen molar-refractivity contribution in [1.82, 2.24) is 24.6 Å². The highest BCUT2D eigenvalue weighted by atomic mass is 16.5. The third-order valence-electron chi connectivity index (χ3n) is 5.38. The van der Waals surface area contributed by atoms with Gasteiger partial charge in [0.1, 0.15) is 11.6 Å². The second kappa shape index (κ2) is 7.17. The third kappa shape index (κ3) is 3.30. The molecule has 2 aromatic heterocycles. The number of aromatic nitrogens is 4. The van der Waals surface area contributed by atoms with Crippen LogP contribution in [0.25, 0.3) is 0 Å². The lowest BCUT2D eigenvalue weighted by Crippen LogP contribution is -2.38. The molecule has 0 amide bonds. The Hall–Kier alpha value is -1.86. The number of morpholine rings is 1. The summed E-state index contributed by atoms with van der Waals surface area (Å²) in [5, 5.41) is 8.33. The average Bonchev–Trinajstić information content (AvgIpc) is 3.21. The summed E-state index contributed by atoms with van der Waals surface area (Å²) in [5.74, 6) is 2.97. The first kappa shape index (κ1) is 16.6. The molecule has 136 valence electrons. The van der Waals surface area contributed by atoms with Gasteiger partial charge in [-0.2, -0.15) is 5.10 Å². The molecular weight excluding hydrogens is 316 g/mol. The second-order valence-corrected chi connectivity index (χ2v) is 7.06. The molecule has 0 radical (unpaired) electrons. The van der Waals surface area contributed by atoms with E-state index in [2.05, 4.69) is 38.0 Å². The minimum Gasteiger partial charge on any atom is -0.378 e. The van der Waals surface area contributed by atoms with Gasteiger partial charge in [0, 0.05) is 63.6 Å². The number of imidazole rings is 1. The van der Waals surface area contributed by atoms with Crippen LogP contribution in [0, 0.1) is 6.92 Å². The first-order valence-electron chi connectivity index (χ1n) is 9.31. The first-order valence-corrected chi connectivity index (χ1v) is 9.31. The quantitative estimate of drug-likeness (QED) is 0.889. The lowest BCUT2D eigenvalue weighted by Gasteiger charge is -2.30. The lowest BCUT2D eigenvalue weighted by molar-refractivity contribution is 0.122. The summed E-state index contributed by atoms with van der Waals surface area (Å²) in [6.45, 7) is 8.49. The molecule has 0 spiro atoms. The molecule has 4 rings (SSSR count). The van der Waals surface area contributed by atoms with E-state index < -0.39 is 0 Å². The highest BCUT2D eigenvalue weighted by Crippen LogP contribution is 2.26. The van der Waals surface area contributed by atoms with Gasteiger partial charge in [0.2, 0.25) is 0 Å². The predicted molar refractivity (Wildman–Crippen MR) is 96.9 cm³/mol. The van der Waals surface area contributed by atoms with Crippen LogP contribution in [0.2, 0.25) is 0 Å². The predicted octanol–water partition coefficient (Wildman–Crippen LogP) is 1.43. The van der Waals surface area contributed by atoms with Gasteiger partial charge in [-0.1, -0.05) is 0 Å². The van der Waals surface area contributed by atoms with Crippen LogP contribution in [0.1, 0.15) is 35.8 Å². The highest BCUT2D eigenvalue weighted by Gasteiger charge is 2.23. The molecule has 0 aliphatic carbocycles. The van der Waals surface area contributed by atoms with Crippen molar-refractivity contribution in [2.45, 2.75) is 38.8 Å². The summed E-state index contributed by atoms with van der Waals surface area (Å²) in [4.78, 5) is 6.96. The van der Waals surface area contributed by atoms with Crippen LogP contribution in [0.15, 0.2) is 12.4 Å². The summed E-state index contributed by atoms with van der Waals surface area (Å²) in [5.41, 5.74) is 2.42. The Morgan fingerprint density at radius 2 is 2.12 bits per heavy atom. The van der Waals surface area contributed by atoms with Crippen molar-refractivity contribution < 1.29 is 4.74 Å². The van der Waals surface area contributed by atoms with Crippen LogP contribution >= 0.6 is 0 Å². The van der Waals surface area contributed by atoms with E-state index in [4.69, 9.17) is 4.74 Å². The normalized spacial score (nSPS) is 20.7. The zero-order chi connectivity index (χ0) is 17.2. The molecule has 1 unspecified atom stereocenters. The van der Waals surface area contributed by atoms with E-state index in [1.54, 1.807) is 0 Å². The molecule has 25 heavy (non-hydrogen) atoms. The average molecular weight is 344 g/mol. The summed E-state index contributed by atoms with van der Waals surface area (Å²) in [7, 11) is 2.04. The van der Waals surface area contributed by atoms with Crippen molar-refractivity contribution in [2.24, 2.45) is 7.05 Å². The Morgan fingerprint density at radius 3 is 2.96 bits per heavy atom. The standard InChI is InChI=1S/C18H28N6O/c1-14-16(18(22(2)21-14)24-8-10-25-11-9-24)13-19-12-15-4-3-6-23-7-5-20-17(15)23/h5,7,15,19H,3-4,6,8-13H2,1-2H3. The minimum absolute atomic E-state index is 0.507. The van der Waals surface area contributed by atoms with Gasteiger partial charge in [0.15, 0.2) is 0 Å². The molecule has 1 fully saturated rings. The van der Waals surface area contributed by atoms with E-state index in [-0.39, 0.29) is 0 Å². The van der Waals surface area contributed by atoms with Crippen molar-refractivity contribution in [3.8, 4) is 0 Å². The van der Waals surface area contributed by atoms with Crippen LogP contribution in [0.4, 0.5) is 5.82 Å². The summed E-state index contributed by atoms with van der Waals surface area (Å²) in [6.07, 6.45) is 6.48. The molecule has 4 heterocycles. The maximum atomic E-state index is 5.50. The smallest absolute Gasteiger partial charge is 0.131 e. The van der Waals surface area contributed by atoms with E-state index in [0.29, 0.717) is 5.92 Å². The fourth-order valence-electron chi connectivity index (χ4n) is 4.14. The van der Waals surface area contributed by atoms with Gasteiger partial charge in [0.05, 0.1) is 18.9 Å². The lowest BCUT2D eigenvalue weighted by atomic mass is 9.99. The topological polar surface area (TPSA) is 60.1 Å². The van der Waals surface area contributed by atoms with Crippen molar-refractivity contribution in [1.29, 1.82) is 0 Å². The van der Waals surface area contributed by atoms with Crippen LogP contribution < -0.4 is 10.2 Å². The van der Waals surface area contributed by atoms with Crippen molar-refractivity contribution in [3.05, 3.63) is 29.5 Å². The van der Waals surface area contributed by atoms with Crippen molar-refractivity contribution in [2.75, 3.05) is 37.7 Å². The summed E-state index contributed by atoms with van der Waals surface area (Å²) < 4.78 is 9.81. The molecule has 7 nitrogen and oxygen atoms in total. The number of nitrogens with zero attached hydrogens (tertiary/aromatic N) is 5. The maximum absolute atomic E-state index is 5.50. The largest absolute Gasteiger partial charge is 0.378 e. The molecule has 2 aliphatic rings. The second-order valence-electron chi connectivity index (χ2n) is 7.06. The van der Waals surface area contributed by atoms with E-state index in [9.17, 15) is 0 Å². The number of fused-ring (bicyclic) bond motifs is 1. The van der Waals surface area contributed by atoms with E-state index in [1.165, 1.54) is 30.0 Å². The van der Waals surface area contributed by atoms with Crippen LogP contribution in [0.5, 0.6) is 0 Å². The van der Waals surface area contributed by atoms with Gasteiger partial charge in [-0.25, -0.2) is 4.98 Å². The molecule has 7 heteroatoms. The molecule has 1 saturated heterocycles. The van der Waals surface area contributed by atoms with Crippen LogP contribution in [0.3, 0.4) is 0 Å². The zero-order valence-corrected chi connectivity index (χ0v) is 15.2. The number of aryl methyl sites for hydroxylation is 3. The van der Waals surface area contributed by atoms with Crippen molar-refractivity contribution >= 4 is 5.82 Å². The summed E-state index contributed by atoms with van der Waals surface area (Å²) in [6, 6.07) is 0. The Kier molecular flexibility index (Phi) is 4.76. The van der Waals surface area contributed by atoms with E-state index >= 15 is 0 Å². The van der Waals surface area contributed by atoms with E-state index in [1.807, 2.05) is 17.9 Å². The van der Waals surface area contributed by atoms with Crippen molar-refractivity contribution in [3.63, 3.8) is 0 Å². The fraction of sp³-hybridized carbons (Fsp3) is 0.667. The molecule has 0 saturated carbocycles. The van der Waals surface area contributed by atoms with Crippen LogP contribution in [-0.2, 0) is 24.9 Å². The Morgan fingerprint density at radius 1 is 1.28 bits per heavy atom. The monoisotopic (exact) mass is 344 g/mol. The Bertz CT molecular complexity index is 715. The number of rotatable bonds is 5. The maximum Gasteiger partial charge on any atom is 0.131 e. The van der Waals surface area contributed by atoms with Gasteiger partial charge < -0.3 is 19.5 Å². The molecule has 0 aromatic carbocycles. The Labute approximate surface area is 149 Å². The SMILES string of the molecule is Cc1nn(C)c(N2CCOCC2)c1CNCC1CCCn2ccnc21. The number of nitrogens with one attached hydrogen (secondary N) is 1. The molecular formula is C18H28N6O. The molecule has 1 N–H and O–H groups in total. The molecule has 2 aliphatic heterocycles. The first-order chi connectivity index (χ1) is 12.2. The van der Waals surface area contributed by atoms with E-state index in [0.717, 1.165) is 51.6 Å².